The molecule has 0 saturated heterocycles. The van der Waals surface area contributed by atoms with Crippen molar-refractivity contribution in [3.8, 4) is 5.75 Å². The van der Waals surface area contributed by atoms with Gasteiger partial charge in [-0.05, 0) is 62.4 Å². The summed E-state index contributed by atoms with van der Waals surface area (Å²) in [5, 5.41) is 5.08. The van der Waals surface area contributed by atoms with Gasteiger partial charge in [-0.2, -0.15) is 0 Å². The zero-order valence-corrected chi connectivity index (χ0v) is 24.4. The van der Waals surface area contributed by atoms with E-state index >= 15 is 0 Å². The molecule has 0 fully saturated rings. The van der Waals surface area contributed by atoms with Gasteiger partial charge >= 0.3 is 0 Å². The molecular weight excluding hydrogens is 608 g/mol. The number of hydrogen-bond donors (Lipinski definition) is 1. The number of benzene rings is 4. The van der Waals surface area contributed by atoms with Gasteiger partial charge in [0, 0.05) is 24.0 Å². The van der Waals surface area contributed by atoms with E-state index < -0.39 is 6.04 Å². The average molecular weight is 638 g/mol. The summed E-state index contributed by atoms with van der Waals surface area (Å²) in [6.45, 7) is 2.64. The highest BCUT2D eigenvalue weighted by molar-refractivity contribution is 9.11. The van der Waals surface area contributed by atoms with Crippen LogP contribution in [0, 0.1) is 0 Å². The van der Waals surface area contributed by atoms with Crippen molar-refractivity contribution in [1.29, 1.82) is 0 Å². The van der Waals surface area contributed by atoms with Gasteiger partial charge in [-0.3, -0.25) is 9.59 Å². The smallest absolute Gasteiger partial charge is 0.261 e. The predicted molar refractivity (Wildman–Crippen MR) is 159 cm³/mol. The fraction of sp³-hybridized carbons (Fsp3) is 0.226. The Morgan fingerprint density at radius 2 is 1.58 bits per heavy atom. The fourth-order valence-corrected chi connectivity index (χ4v) is 5.13. The number of amides is 2. The molecule has 0 radical (unpaired) electrons. The fourth-order valence-electron chi connectivity index (χ4n) is 4.25. The van der Waals surface area contributed by atoms with Crippen LogP contribution in [-0.2, 0) is 22.6 Å². The van der Waals surface area contributed by atoms with Crippen LogP contribution in [0.15, 0.2) is 99.9 Å². The molecule has 0 aliphatic carbocycles. The van der Waals surface area contributed by atoms with E-state index in [2.05, 4.69) is 37.2 Å². The molecule has 1 N–H and O–H groups in total. The highest BCUT2D eigenvalue weighted by atomic mass is 79.9. The molecule has 2 amide bonds. The van der Waals surface area contributed by atoms with Gasteiger partial charge in [0.05, 0.1) is 4.47 Å². The number of halogens is 2. The molecular formula is C31H30Br2N2O3. The molecule has 196 valence electrons. The molecule has 0 spiro atoms. The van der Waals surface area contributed by atoms with Gasteiger partial charge in [0.1, 0.15) is 11.8 Å². The molecule has 0 bridgehead atoms. The second-order valence-electron chi connectivity index (χ2n) is 9.03. The Kier molecular flexibility index (Phi) is 9.96. The lowest BCUT2D eigenvalue weighted by Gasteiger charge is -2.31. The van der Waals surface area contributed by atoms with E-state index in [-0.39, 0.29) is 25.0 Å². The van der Waals surface area contributed by atoms with E-state index in [1.165, 1.54) is 0 Å². The van der Waals surface area contributed by atoms with Crippen molar-refractivity contribution >= 4 is 54.4 Å². The maximum atomic E-state index is 13.8. The lowest BCUT2D eigenvalue weighted by atomic mass is 10.0. The first-order valence-corrected chi connectivity index (χ1v) is 14.2. The molecule has 0 aliphatic rings. The molecule has 0 unspecified atom stereocenters. The van der Waals surface area contributed by atoms with Crippen LogP contribution in [0.4, 0.5) is 0 Å². The molecule has 0 saturated carbocycles. The van der Waals surface area contributed by atoms with Crippen LogP contribution in [0.25, 0.3) is 10.8 Å². The monoisotopic (exact) mass is 636 g/mol. The maximum absolute atomic E-state index is 13.8. The maximum Gasteiger partial charge on any atom is 0.261 e. The third-order valence-electron chi connectivity index (χ3n) is 6.27. The summed E-state index contributed by atoms with van der Waals surface area (Å²) < 4.78 is 7.77. The molecule has 0 heterocycles. The quantitative estimate of drug-likeness (QED) is 0.194. The molecule has 4 rings (SSSR count). The van der Waals surface area contributed by atoms with Gasteiger partial charge in [-0.1, -0.05) is 95.7 Å². The molecule has 38 heavy (non-hydrogen) atoms. The summed E-state index contributed by atoms with van der Waals surface area (Å²) in [6, 6.07) is 28.7. The molecule has 5 nitrogen and oxygen atoms in total. The molecule has 7 heteroatoms. The van der Waals surface area contributed by atoms with Gasteiger partial charge in [-0.15, -0.1) is 0 Å². The minimum absolute atomic E-state index is 0.173. The first kappa shape index (κ1) is 27.9. The molecule has 4 aromatic rings. The van der Waals surface area contributed by atoms with Crippen molar-refractivity contribution in [2.75, 3.05) is 13.2 Å². The Hall–Kier alpha value is -3.16. The van der Waals surface area contributed by atoms with E-state index in [0.29, 0.717) is 18.7 Å². The lowest BCUT2D eigenvalue weighted by Crippen LogP contribution is -2.51. The van der Waals surface area contributed by atoms with Crippen LogP contribution in [0.3, 0.4) is 0 Å². The van der Waals surface area contributed by atoms with E-state index in [0.717, 1.165) is 37.3 Å². The second kappa shape index (κ2) is 13.6. The van der Waals surface area contributed by atoms with Gasteiger partial charge in [-0.25, -0.2) is 0 Å². The SMILES string of the molecule is CCCNC(=O)[C@H](Cc1ccccc1)N(Cc1ccc(Br)cc1)C(=O)COc1ccc2ccccc2c1Br. The summed E-state index contributed by atoms with van der Waals surface area (Å²) in [6.07, 6.45) is 1.21. The van der Waals surface area contributed by atoms with Gasteiger partial charge in [0.2, 0.25) is 5.91 Å². The summed E-state index contributed by atoms with van der Waals surface area (Å²) >= 11 is 7.11. The average Bonchev–Trinajstić information content (AvgIpc) is 2.94. The number of carbonyl (C=O) groups is 2. The van der Waals surface area contributed by atoms with Crippen LogP contribution in [0.1, 0.15) is 24.5 Å². The van der Waals surface area contributed by atoms with Crippen molar-refractivity contribution in [1.82, 2.24) is 10.2 Å². The summed E-state index contributed by atoms with van der Waals surface area (Å²) in [5.74, 6) is 0.143. The van der Waals surface area contributed by atoms with E-state index in [4.69, 9.17) is 4.74 Å². The summed E-state index contributed by atoms with van der Waals surface area (Å²) in [7, 11) is 0. The van der Waals surface area contributed by atoms with E-state index in [9.17, 15) is 9.59 Å². The zero-order chi connectivity index (χ0) is 26.9. The van der Waals surface area contributed by atoms with Gasteiger partial charge < -0.3 is 15.0 Å². The first-order valence-electron chi connectivity index (χ1n) is 12.6. The highest BCUT2D eigenvalue weighted by Gasteiger charge is 2.30. The third kappa shape index (κ3) is 7.23. The Morgan fingerprint density at radius 3 is 2.32 bits per heavy atom. The summed E-state index contributed by atoms with van der Waals surface area (Å²) in [4.78, 5) is 28.8. The van der Waals surface area contributed by atoms with Crippen LogP contribution in [-0.4, -0.2) is 35.9 Å². The van der Waals surface area contributed by atoms with Gasteiger partial charge in [0.25, 0.3) is 5.91 Å². The topological polar surface area (TPSA) is 58.6 Å². The number of nitrogens with one attached hydrogen (secondary N) is 1. The number of rotatable bonds is 11. The minimum atomic E-state index is -0.691. The Labute approximate surface area is 240 Å². The van der Waals surface area contributed by atoms with Crippen LogP contribution >= 0.6 is 31.9 Å². The Bertz CT molecular complexity index is 1380. The predicted octanol–water partition coefficient (Wildman–Crippen LogP) is 6.91. The second-order valence-corrected chi connectivity index (χ2v) is 10.7. The van der Waals surface area contributed by atoms with Crippen molar-refractivity contribution in [2.45, 2.75) is 32.4 Å². The standard InChI is InChI=1S/C31H30Br2N2O3/c1-2-18-34-31(37)27(19-22-8-4-3-5-9-22)35(20-23-12-15-25(32)16-13-23)29(36)21-38-28-17-14-24-10-6-7-11-26(24)30(28)33/h3-17,27H,2,18-21H2,1H3,(H,34,37)/t27-/m0/s1. The molecule has 0 aromatic heterocycles. The van der Waals surface area contributed by atoms with Crippen LogP contribution in [0.2, 0.25) is 0 Å². The highest BCUT2D eigenvalue weighted by Crippen LogP contribution is 2.33. The Morgan fingerprint density at radius 1 is 0.868 bits per heavy atom. The third-order valence-corrected chi connectivity index (χ3v) is 7.61. The minimum Gasteiger partial charge on any atom is -0.483 e. The van der Waals surface area contributed by atoms with Crippen LogP contribution in [0.5, 0.6) is 5.75 Å². The molecule has 1 atom stereocenters. The van der Waals surface area contributed by atoms with Crippen molar-refractivity contribution in [2.24, 2.45) is 0 Å². The first-order chi connectivity index (χ1) is 18.5. The molecule has 4 aromatic carbocycles. The number of ether oxygens (including phenoxy) is 1. The van der Waals surface area contributed by atoms with E-state index in [1.807, 2.05) is 97.9 Å². The normalized spacial score (nSPS) is 11.7. The number of fused-ring (bicyclic) bond motifs is 1. The van der Waals surface area contributed by atoms with E-state index in [1.54, 1.807) is 4.90 Å². The number of carbonyl (C=O) groups excluding carboxylic acids is 2. The number of hydrogen-bond acceptors (Lipinski definition) is 3. The Balaban J connectivity index is 1.62. The molecule has 0 aliphatic heterocycles. The van der Waals surface area contributed by atoms with Crippen molar-refractivity contribution in [3.63, 3.8) is 0 Å². The van der Waals surface area contributed by atoms with Gasteiger partial charge in [0.15, 0.2) is 6.61 Å². The summed E-state index contributed by atoms with van der Waals surface area (Å²) in [5.41, 5.74) is 1.91. The van der Waals surface area contributed by atoms with Crippen molar-refractivity contribution < 1.29 is 14.3 Å². The zero-order valence-electron chi connectivity index (χ0n) is 21.2. The largest absolute Gasteiger partial charge is 0.483 e. The number of nitrogens with zero attached hydrogens (tertiary/aromatic N) is 1. The van der Waals surface area contributed by atoms with Crippen LogP contribution < -0.4 is 10.1 Å². The van der Waals surface area contributed by atoms with Crippen molar-refractivity contribution in [3.05, 3.63) is 111 Å². The lowest BCUT2D eigenvalue weighted by molar-refractivity contribution is -0.142.